The molecule has 0 radical (unpaired) electrons. The lowest BCUT2D eigenvalue weighted by Gasteiger charge is -2.12. The van der Waals surface area contributed by atoms with Gasteiger partial charge in [0.15, 0.2) is 0 Å². The van der Waals surface area contributed by atoms with Gasteiger partial charge in [0.05, 0.1) is 4.90 Å². The first-order chi connectivity index (χ1) is 12.1. The van der Waals surface area contributed by atoms with E-state index in [4.69, 9.17) is 9.90 Å². The third kappa shape index (κ3) is 7.71. The van der Waals surface area contributed by atoms with Gasteiger partial charge in [-0.15, -0.1) is 0 Å². The summed E-state index contributed by atoms with van der Waals surface area (Å²) in [7, 11) is -3.37. The minimum atomic E-state index is -5.08. The van der Waals surface area contributed by atoms with Crippen molar-refractivity contribution in [3.63, 3.8) is 0 Å². The Labute approximate surface area is 150 Å². The number of alkyl halides is 3. The molecular formula is C16H23F3N2O4S. The minimum absolute atomic E-state index is 0.272. The van der Waals surface area contributed by atoms with E-state index in [1.165, 1.54) is 5.56 Å². The Hall–Kier alpha value is -1.65. The second kappa shape index (κ2) is 9.89. The lowest BCUT2D eigenvalue weighted by molar-refractivity contribution is -0.192. The highest BCUT2D eigenvalue weighted by atomic mass is 32.2. The van der Waals surface area contributed by atoms with Crippen molar-refractivity contribution in [1.82, 2.24) is 10.0 Å². The summed E-state index contributed by atoms with van der Waals surface area (Å²) in [4.78, 5) is 9.25. The van der Waals surface area contributed by atoms with E-state index in [0.717, 1.165) is 32.2 Å². The number of carbonyl (C=O) groups is 1. The number of hydrogen-bond acceptors (Lipinski definition) is 4. The molecule has 1 fully saturated rings. The molecule has 1 saturated heterocycles. The number of benzene rings is 1. The normalized spacial score (nSPS) is 17.5. The zero-order valence-corrected chi connectivity index (χ0v) is 15.2. The molecule has 1 atom stereocenters. The van der Waals surface area contributed by atoms with E-state index in [9.17, 15) is 21.6 Å². The average molecular weight is 396 g/mol. The Balaban J connectivity index is 0.000000412. The van der Waals surface area contributed by atoms with Crippen LogP contribution in [0.4, 0.5) is 13.2 Å². The summed E-state index contributed by atoms with van der Waals surface area (Å²) in [6.07, 6.45) is -0.868. The molecule has 0 unspecified atom stereocenters. The Morgan fingerprint density at radius 2 is 1.88 bits per heavy atom. The zero-order chi connectivity index (χ0) is 19.8. The van der Waals surface area contributed by atoms with Crippen molar-refractivity contribution in [2.75, 3.05) is 13.1 Å². The molecule has 0 aromatic heterocycles. The molecule has 0 amide bonds. The van der Waals surface area contributed by atoms with Crippen molar-refractivity contribution >= 4 is 16.0 Å². The maximum Gasteiger partial charge on any atom is 0.490 e. The van der Waals surface area contributed by atoms with Gasteiger partial charge in [-0.3, -0.25) is 0 Å². The van der Waals surface area contributed by atoms with Crippen LogP contribution in [0.2, 0.25) is 0 Å². The quantitative estimate of drug-likeness (QED) is 0.686. The van der Waals surface area contributed by atoms with Crippen LogP contribution in [0, 0.1) is 0 Å². The molecule has 1 aliphatic rings. The van der Waals surface area contributed by atoms with Gasteiger partial charge in [0.2, 0.25) is 10.0 Å². The van der Waals surface area contributed by atoms with Crippen molar-refractivity contribution in [3.05, 3.63) is 29.8 Å². The average Bonchev–Trinajstić information content (AvgIpc) is 3.07. The number of aryl methyl sites for hydroxylation is 1. The van der Waals surface area contributed by atoms with E-state index in [2.05, 4.69) is 17.0 Å². The van der Waals surface area contributed by atoms with Crippen LogP contribution in [-0.2, 0) is 21.2 Å². The molecule has 1 aromatic carbocycles. The molecule has 3 N–H and O–H groups in total. The molecule has 0 bridgehead atoms. The van der Waals surface area contributed by atoms with Gasteiger partial charge in [-0.25, -0.2) is 17.9 Å². The van der Waals surface area contributed by atoms with Gasteiger partial charge < -0.3 is 10.4 Å². The van der Waals surface area contributed by atoms with Gasteiger partial charge in [0, 0.05) is 12.6 Å². The van der Waals surface area contributed by atoms with Crippen molar-refractivity contribution in [3.8, 4) is 0 Å². The standard InChI is InChI=1S/C14H22N2O2S.C2HF3O2/c1-2-4-12-6-8-14(9-7-12)19(17,18)16-11-13-5-3-10-15-13;3-2(4,5)1(6)7/h6-9,13,15-16H,2-5,10-11H2,1H3;(H,6,7)/t13-;/m1./s1. The van der Waals surface area contributed by atoms with E-state index in [1.54, 1.807) is 12.1 Å². The summed E-state index contributed by atoms with van der Waals surface area (Å²) in [5, 5.41) is 10.4. The predicted octanol–water partition coefficient (Wildman–Crippen LogP) is 2.30. The summed E-state index contributed by atoms with van der Waals surface area (Å²) in [5.74, 6) is -2.76. The van der Waals surface area contributed by atoms with Crippen molar-refractivity contribution < 1.29 is 31.5 Å². The first-order valence-corrected chi connectivity index (χ1v) is 9.66. The molecule has 1 aromatic rings. The van der Waals surface area contributed by atoms with E-state index >= 15 is 0 Å². The molecular weight excluding hydrogens is 373 g/mol. The van der Waals surface area contributed by atoms with Gasteiger partial charge in [0.25, 0.3) is 0 Å². The van der Waals surface area contributed by atoms with Crippen LogP contribution < -0.4 is 10.0 Å². The number of sulfonamides is 1. The Kier molecular flexibility index (Phi) is 8.51. The van der Waals surface area contributed by atoms with Gasteiger partial charge in [-0.2, -0.15) is 13.2 Å². The van der Waals surface area contributed by atoms with Crippen molar-refractivity contribution in [2.24, 2.45) is 0 Å². The molecule has 148 valence electrons. The molecule has 2 rings (SSSR count). The lowest BCUT2D eigenvalue weighted by atomic mass is 10.1. The van der Waals surface area contributed by atoms with Gasteiger partial charge in [-0.1, -0.05) is 25.5 Å². The van der Waals surface area contributed by atoms with E-state index in [-0.39, 0.29) is 6.04 Å². The summed E-state index contributed by atoms with van der Waals surface area (Å²) in [6, 6.07) is 7.44. The van der Waals surface area contributed by atoms with E-state index < -0.39 is 22.2 Å². The van der Waals surface area contributed by atoms with Crippen LogP contribution in [-0.4, -0.2) is 44.8 Å². The summed E-state index contributed by atoms with van der Waals surface area (Å²) in [6.45, 7) is 3.57. The largest absolute Gasteiger partial charge is 0.490 e. The molecule has 6 nitrogen and oxygen atoms in total. The molecule has 10 heteroatoms. The van der Waals surface area contributed by atoms with Crippen molar-refractivity contribution in [2.45, 2.75) is 49.7 Å². The molecule has 0 spiro atoms. The van der Waals surface area contributed by atoms with Crippen LogP contribution in [0.1, 0.15) is 31.7 Å². The number of nitrogens with one attached hydrogen (secondary N) is 2. The fourth-order valence-corrected chi connectivity index (χ4v) is 3.43. The number of hydrogen-bond donors (Lipinski definition) is 3. The fourth-order valence-electron chi connectivity index (χ4n) is 2.35. The first-order valence-electron chi connectivity index (χ1n) is 8.18. The van der Waals surface area contributed by atoms with Crippen LogP contribution >= 0.6 is 0 Å². The Morgan fingerprint density at radius 1 is 1.31 bits per heavy atom. The van der Waals surface area contributed by atoms with E-state index in [0.29, 0.717) is 11.4 Å². The van der Waals surface area contributed by atoms with Gasteiger partial charge in [-0.05, 0) is 43.5 Å². The summed E-state index contributed by atoms with van der Waals surface area (Å²) in [5.41, 5.74) is 1.18. The fraction of sp³-hybridized carbons (Fsp3) is 0.562. The zero-order valence-electron chi connectivity index (χ0n) is 14.3. The SMILES string of the molecule is CCCc1ccc(S(=O)(=O)NC[C@H]2CCCN2)cc1.O=C(O)C(F)(F)F. The maximum atomic E-state index is 12.1. The smallest absolute Gasteiger partial charge is 0.475 e. The highest BCUT2D eigenvalue weighted by Crippen LogP contribution is 2.13. The van der Waals surface area contributed by atoms with Crippen LogP contribution in [0.15, 0.2) is 29.2 Å². The number of carboxylic acids is 1. The predicted molar refractivity (Wildman–Crippen MR) is 90.3 cm³/mol. The molecule has 1 heterocycles. The second-order valence-corrected chi connectivity index (χ2v) is 7.61. The number of rotatable bonds is 6. The molecule has 0 aliphatic carbocycles. The third-order valence-corrected chi connectivity index (χ3v) is 5.14. The van der Waals surface area contributed by atoms with Crippen LogP contribution in [0.5, 0.6) is 0 Å². The van der Waals surface area contributed by atoms with Crippen LogP contribution in [0.25, 0.3) is 0 Å². The Bertz CT molecular complexity index is 670. The van der Waals surface area contributed by atoms with Crippen LogP contribution in [0.3, 0.4) is 0 Å². The molecule has 1 aliphatic heterocycles. The number of aliphatic carboxylic acids is 1. The maximum absolute atomic E-state index is 12.1. The summed E-state index contributed by atoms with van der Waals surface area (Å²) >= 11 is 0. The topological polar surface area (TPSA) is 95.5 Å². The summed E-state index contributed by atoms with van der Waals surface area (Å²) < 4.78 is 58.7. The highest BCUT2D eigenvalue weighted by Gasteiger charge is 2.38. The van der Waals surface area contributed by atoms with E-state index in [1.807, 2.05) is 12.1 Å². The molecule has 26 heavy (non-hydrogen) atoms. The number of carboxylic acid groups (broad SMARTS) is 1. The second-order valence-electron chi connectivity index (χ2n) is 5.84. The highest BCUT2D eigenvalue weighted by molar-refractivity contribution is 7.89. The lowest BCUT2D eigenvalue weighted by Crippen LogP contribution is -2.37. The Morgan fingerprint density at radius 3 is 2.31 bits per heavy atom. The number of halogens is 3. The minimum Gasteiger partial charge on any atom is -0.475 e. The molecule has 0 saturated carbocycles. The van der Waals surface area contributed by atoms with Crippen molar-refractivity contribution in [1.29, 1.82) is 0 Å². The first kappa shape index (κ1) is 22.4. The monoisotopic (exact) mass is 396 g/mol. The third-order valence-electron chi connectivity index (χ3n) is 3.70. The van der Waals surface area contributed by atoms with Gasteiger partial charge in [0.1, 0.15) is 0 Å². The van der Waals surface area contributed by atoms with Gasteiger partial charge >= 0.3 is 12.1 Å².